The summed E-state index contributed by atoms with van der Waals surface area (Å²) in [6.45, 7) is 0. The quantitative estimate of drug-likeness (QED) is 0.782. The number of hydrogen-bond acceptors (Lipinski definition) is 3. The van der Waals surface area contributed by atoms with Crippen LogP contribution >= 0.6 is 22.9 Å². The van der Waals surface area contributed by atoms with E-state index < -0.39 is 0 Å². The molecule has 6 rings (SSSR count). The highest BCUT2D eigenvalue weighted by Crippen LogP contribution is 2.64. The van der Waals surface area contributed by atoms with E-state index in [-0.39, 0.29) is 16.2 Å². The van der Waals surface area contributed by atoms with Gasteiger partial charge in [0.2, 0.25) is 5.91 Å². The SMILES string of the molecule is N#Cc1c(NC(=O)C23C[C@@H]4C[C@@H](CC(Cl)(C4)C2)C3)sc2c1CCC2. The van der Waals surface area contributed by atoms with Crippen LogP contribution in [0.2, 0.25) is 0 Å². The Labute approximate surface area is 151 Å². The number of rotatable bonds is 2. The highest BCUT2D eigenvalue weighted by atomic mass is 35.5. The molecular weight excluding hydrogens is 340 g/mol. The number of halogens is 1. The normalized spacial score (nSPS) is 38.8. The summed E-state index contributed by atoms with van der Waals surface area (Å²) in [5.74, 6) is 1.34. The molecular formula is C19H21ClN2OS. The molecule has 5 heteroatoms. The maximum absolute atomic E-state index is 13.2. The third-order valence-electron chi connectivity index (χ3n) is 6.73. The molecule has 2 unspecified atom stereocenters. The number of aryl methyl sites for hydroxylation is 1. The number of amides is 1. The molecule has 0 saturated heterocycles. The smallest absolute Gasteiger partial charge is 0.231 e. The Hall–Kier alpha value is -1.05. The molecule has 0 aromatic carbocycles. The topological polar surface area (TPSA) is 52.9 Å². The summed E-state index contributed by atoms with van der Waals surface area (Å²) >= 11 is 8.47. The second-order valence-electron chi connectivity index (χ2n) is 8.52. The van der Waals surface area contributed by atoms with Crippen molar-refractivity contribution in [2.24, 2.45) is 17.3 Å². The molecule has 0 spiro atoms. The second kappa shape index (κ2) is 4.99. The molecule has 1 aromatic heterocycles. The van der Waals surface area contributed by atoms with Crippen molar-refractivity contribution in [2.75, 3.05) is 5.32 Å². The summed E-state index contributed by atoms with van der Waals surface area (Å²) in [6.07, 6.45) is 9.34. The van der Waals surface area contributed by atoms with E-state index in [1.165, 1.54) is 16.9 Å². The van der Waals surface area contributed by atoms with Gasteiger partial charge in [0.15, 0.2) is 0 Å². The lowest BCUT2D eigenvalue weighted by atomic mass is 9.49. The number of carbonyl (C=O) groups is 1. The molecule has 3 nitrogen and oxygen atoms in total. The summed E-state index contributed by atoms with van der Waals surface area (Å²) in [4.78, 5) is 14.4. The Morgan fingerprint density at radius 3 is 2.67 bits per heavy atom. The number of carbonyl (C=O) groups excluding carboxylic acids is 1. The van der Waals surface area contributed by atoms with Crippen LogP contribution in [0.5, 0.6) is 0 Å². The zero-order valence-corrected chi connectivity index (χ0v) is 15.2. The molecule has 4 bridgehead atoms. The molecule has 24 heavy (non-hydrogen) atoms. The molecule has 5 aliphatic carbocycles. The van der Waals surface area contributed by atoms with E-state index in [9.17, 15) is 10.1 Å². The van der Waals surface area contributed by atoms with Gasteiger partial charge in [0.1, 0.15) is 11.1 Å². The second-order valence-corrected chi connectivity index (χ2v) is 10.4. The van der Waals surface area contributed by atoms with E-state index >= 15 is 0 Å². The highest BCUT2D eigenvalue weighted by molar-refractivity contribution is 7.16. The standard InChI is InChI=1S/C19H21ClN2OS/c20-19-7-11-4-12(8-19)6-18(5-11,10-19)17(23)22-16-14(9-21)13-2-1-3-15(13)24-16/h11-12H,1-8,10H2,(H,22,23)/t11-,12+,18?,19?. The first-order valence-electron chi connectivity index (χ1n) is 9.05. The first-order valence-corrected chi connectivity index (χ1v) is 10.2. The molecule has 0 aliphatic heterocycles. The predicted octanol–water partition coefficient (Wildman–Crippen LogP) is 4.62. The van der Waals surface area contributed by atoms with Crippen LogP contribution in [0, 0.1) is 28.6 Å². The summed E-state index contributed by atoms with van der Waals surface area (Å²) in [7, 11) is 0. The van der Waals surface area contributed by atoms with Crippen molar-refractivity contribution in [3.05, 3.63) is 16.0 Å². The van der Waals surface area contributed by atoms with Crippen LogP contribution in [0.1, 0.15) is 60.9 Å². The summed E-state index contributed by atoms with van der Waals surface area (Å²) < 4.78 is 0. The molecule has 1 amide bonds. The Bertz CT molecular complexity index is 763. The van der Waals surface area contributed by atoms with Gasteiger partial charge in [-0.15, -0.1) is 22.9 Å². The van der Waals surface area contributed by atoms with Gasteiger partial charge in [-0.05, 0) is 75.2 Å². The minimum Gasteiger partial charge on any atom is -0.316 e. The van der Waals surface area contributed by atoms with E-state index in [4.69, 9.17) is 11.6 Å². The average molecular weight is 361 g/mol. The maximum atomic E-state index is 13.2. The Balaban J connectivity index is 1.45. The van der Waals surface area contributed by atoms with Crippen LogP contribution in [0.4, 0.5) is 5.00 Å². The van der Waals surface area contributed by atoms with Crippen LogP contribution in [0.25, 0.3) is 0 Å². The third-order valence-corrected chi connectivity index (χ3v) is 8.38. The monoisotopic (exact) mass is 360 g/mol. The van der Waals surface area contributed by atoms with E-state index in [0.717, 1.165) is 56.4 Å². The highest BCUT2D eigenvalue weighted by Gasteiger charge is 2.60. The molecule has 5 aliphatic rings. The molecule has 1 N–H and O–H groups in total. The fraction of sp³-hybridized carbons (Fsp3) is 0.684. The first-order chi connectivity index (χ1) is 11.5. The molecule has 4 atom stereocenters. The molecule has 4 fully saturated rings. The number of fused-ring (bicyclic) bond motifs is 1. The van der Waals surface area contributed by atoms with Gasteiger partial charge < -0.3 is 5.32 Å². The first kappa shape index (κ1) is 15.2. The number of nitrogens with zero attached hydrogens (tertiary/aromatic N) is 1. The minimum absolute atomic E-state index is 0.123. The van der Waals surface area contributed by atoms with Crippen molar-refractivity contribution in [2.45, 2.75) is 62.7 Å². The third kappa shape index (κ3) is 2.10. The summed E-state index contributed by atoms with van der Waals surface area (Å²) in [5, 5.41) is 13.5. The van der Waals surface area contributed by atoms with E-state index in [1.807, 2.05) is 0 Å². The molecule has 1 aromatic rings. The maximum Gasteiger partial charge on any atom is 0.231 e. The minimum atomic E-state index is -0.299. The van der Waals surface area contributed by atoms with E-state index in [1.54, 1.807) is 11.3 Å². The van der Waals surface area contributed by atoms with Crippen molar-refractivity contribution in [1.29, 1.82) is 5.26 Å². The van der Waals surface area contributed by atoms with E-state index in [0.29, 0.717) is 17.4 Å². The van der Waals surface area contributed by atoms with Gasteiger partial charge in [0.25, 0.3) is 0 Å². The molecule has 1 heterocycles. The largest absolute Gasteiger partial charge is 0.316 e. The molecule has 126 valence electrons. The number of alkyl halides is 1. The number of thiophene rings is 1. The average Bonchev–Trinajstić information content (AvgIpc) is 3.04. The van der Waals surface area contributed by atoms with Crippen LogP contribution < -0.4 is 5.32 Å². The van der Waals surface area contributed by atoms with Crippen LogP contribution in [0.15, 0.2) is 0 Å². The van der Waals surface area contributed by atoms with Crippen LogP contribution in [-0.2, 0) is 17.6 Å². The summed E-state index contributed by atoms with van der Waals surface area (Å²) in [6, 6.07) is 2.33. The summed E-state index contributed by atoms with van der Waals surface area (Å²) in [5.41, 5.74) is 1.59. The van der Waals surface area contributed by atoms with Crippen molar-refractivity contribution < 1.29 is 4.79 Å². The molecule has 4 saturated carbocycles. The van der Waals surface area contributed by atoms with Crippen molar-refractivity contribution in [1.82, 2.24) is 0 Å². The zero-order chi connectivity index (χ0) is 16.5. The van der Waals surface area contributed by atoms with Crippen LogP contribution in [0.3, 0.4) is 0 Å². The number of nitriles is 1. The fourth-order valence-electron chi connectivity index (χ4n) is 6.26. The predicted molar refractivity (Wildman–Crippen MR) is 95.4 cm³/mol. The number of hydrogen-bond donors (Lipinski definition) is 1. The number of anilines is 1. The Morgan fingerprint density at radius 1 is 1.25 bits per heavy atom. The Kier molecular flexibility index (Phi) is 3.16. The van der Waals surface area contributed by atoms with Gasteiger partial charge >= 0.3 is 0 Å². The molecule has 0 radical (unpaired) electrons. The van der Waals surface area contributed by atoms with Gasteiger partial charge in [-0.3, -0.25) is 4.79 Å². The van der Waals surface area contributed by atoms with Gasteiger partial charge in [-0.25, -0.2) is 0 Å². The van der Waals surface area contributed by atoms with Crippen molar-refractivity contribution >= 4 is 33.8 Å². The van der Waals surface area contributed by atoms with Crippen molar-refractivity contribution in [3.63, 3.8) is 0 Å². The van der Waals surface area contributed by atoms with Gasteiger partial charge in [0, 0.05) is 9.75 Å². The lowest BCUT2D eigenvalue weighted by Crippen LogP contribution is -2.57. The fourth-order valence-corrected chi connectivity index (χ4v) is 8.19. The van der Waals surface area contributed by atoms with Gasteiger partial charge in [-0.1, -0.05) is 0 Å². The van der Waals surface area contributed by atoms with E-state index in [2.05, 4.69) is 11.4 Å². The Morgan fingerprint density at radius 2 is 2.00 bits per heavy atom. The lowest BCUT2D eigenvalue weighted by Gasteiger charge is -2.59. The number of nitrogens with one attached hydrogen (secondary N) is 1. The van der Waals surface area contributed by atoms with Crippen molar-refractivity contribution in [3.8, 4) is 6.07 Å². The van der Waals surface area contributed by atoms with Gasteiger partial charge in [-0.2, -0.15) is 5.26 Å². The van der Waals surface area contributed by atoms with Crippen LogP contribution in [-0.4, -0.2) is 10.8 Å². The lowest BCUT2D eigenvalue weighted by molar-refractivity contribution is -0.138. The zero-order valence-electron chi connectivity index (χ0n) is 13.7. The van der Waals surface area contributed by atoms with Gasteiger partial charge in [0.05, 0.1) is 11.0 Å².